The van der Waals surface area contributed by atoms with Crippen LogP contribution in [-0.2, 0) is 0 Å². The normalized spacial score (nSPS) is 11.4. The first kappa shape index (κ1) is 30.6. The highest BCUT2D eigenvalue weighted by molar-refractivity contribution is 6.18. The maximum Gasteiger partial charge on any atom is 0.164 e. The van der Waals surface area contributed by atoms with E-state index < -0.39 is 0 Å². The van der Waals surface area contributed by atoms with Gasteiger partial charge in [0.25, 0.3) is 0 Å². The van der Waals surface area contributed by atoms with Crippen molar-refractivity contribution in [3.8, 4) is 67.5 Å². The van der Waals surface area contributed by atoms with Crippen molar-refractivity contribution < 1.29 is 4.42 Å². The number of benzene rings is 8. The number of fused-ring (bicyclic) bond motifs is 4. The molecule has 0 aliphatic rings. The first-order valence-electron chi connectivity index (χ1n) is 17.8. The van der Waals surface area contributed by atoms with E-state index in [0.29, 0.717) is 17.5 Å². The summed E-state index contributed by atoms with van der Waals surface area (Å²) in [7, 11) is 0. The van der Waals surface area contributed by atoms with Crippen LogP contribution in [-0.4, -0.2) is 15.0 Å². The Hall–Kier alpha value is -7.17. The van der Waals surface area contributed by atoms with Crippen LogP contribution >= 0.6 is 0 Å². The molecule has 0 saturated carbocycles. The highest BCUT2D eigenvalue weighted by Crippen LogP contribution is 2.43. The lowest BCUT2D eigenvalue weighted by Crippen LogP contribution is -2.00. The monoisotopic (exact) mass is 677 g/mol. The molecule has 0 fully saturated rings. The Morgan fingerprint density at radius 2 is 0.717 bits per heavy atom. The number of hydrogen-bond acceptors (Lipinski definition) is 4. The van der Waals surface area contributed by atoms with E-state index in [4.69, 9.17) is 19.4 Å². The number of nitrogens with zero attached hydrogens (tertiary/aromatic N) is 3. The van der Waals surface area contributed by atoms with E-state index in [1.807, 2.05) is 66.7 Å². The zero-order valence-corrected chi connectivity index (χ0v) is 28.6. The highest BCUT2D eigenvalue weighted by Gasteiger charge is 2.19. The predicted octanol–water partition coefficient (Wildman–Crippen LogP) is 12.9. The molecule has 10 rings (SSSR count). The van der Waals surface area contributed by atoms with Gasteiger partial charge in [-0.1, -0.05) is 170 Å². The Labute approximate surface area is 306 Å². The van der Waals surface area contributed by atoms with Crippen LogP contribution < -0.4 is 0 Å². The van der Waals surface area contributed by atoms with Gasteiger partial charge in [0.2, 0.25) is 0 Å². The molecule has 0 unspecified atom stereocenters. The molecule has 0 aliphatic heterocycles. The van der Waals surface area contributed by atoms with Crippen LogP contribution in [0.4, 0.5) is 0 Å². The molecule has 0 spiro atoms. The Morgan fingerprint density at radius 3 is 1.28 bits per heavy atom. The smallest absolute Gasteiger partial charge is 0.164 e. The minimum Gasteiger partial charge on any atom is -0.455 e. The van der Waals surface area contributed by atoms with Gasteiger partial charge in [-0.2, -0.15) is 0 Å². The van der Waals surface area contributed by atoms with E-state index >= 15 is 0 Å². The van der Waals surface area contributed by atoms with Crippen molar-refractivity contribution in [2.75, 3.05) is 0 Å². The van der Waals surface area contributed by atoms with Crippen molar-refractivity contribution in [2.24, 2.45) is 0 Å². The summed E-state index contributed by atoms with van der Waals surface area (Å²) in [5.41, 5.74) is 11.3. The molecular weight excluding hydrogens is 647 g/mol. The fourth-order valence-electron chi connectivity index (χ4n) is 7.24. The molecule has 0 atom stereocenters. The summed E-state index contributed by atoms with van der Waals surface area (Å²) in [6.45, 7) is 0. The van der Waals surface area contributed by atoms with Crippen LogP contribution in [0, 0.1) is 0 Å². The van der Waals surface area contributed by atoms with Crippen LogP contribution in [0.1, 0.15) is 0 Å². The fraction of sp³-hybridized carbons (Fsp3) is 0. The molecule has 2 aromatic heterocycles. The van der Waals surface area contributed by atoms with Crippen molar-refractivity contribution >= 4 is 32.7 Å². The average molecular weight is 678 g/mol. The molecule has 53 heavy (non-hydrogen) atoms. The van der Waals surface area contributed by atoms with Gasteiger partial charge in [0.05, 0.1) is 0 Å². The number of aromatic nitrogens is 3. The lowest BCUT2D eigenvalue weighted by Gasteiger charge is -2.11. The van der Waals surface area contributed by atoms with Gasteiger partial charge >= 0.3 is 0 Å². The first-order valence-corrected chi connectivity index (χ1v) is 17.8. The molecule has 2 heterocycles. The SMILES string of the molecule is c1ccc(-c2ccc(-c3ccc(-c4ccc(-c5nc(-c6ccccc6)nc(-c6ccccc6)n5)cc4)c4oc5cc6ccccc6cc5c34)cc2)cc1. The van der Waals surface area contributed by atoms with Crippen molar-refractivity contribution in [1.82, 2.24) is 15.0 Å². The maximum absolute atomic E-state index is 6.81. The van der Waals surface area contributed by atoms with E-state index in [9.17, 15) is 0 Å². The van der Waals surface area contributed by atoms with Gasteiger partial charge in [0.1, 0.15) is 11.2 Å². The molecule has 0 radical (unpaired) electrons. The molecule has 248 valence electrons. The maximum atomic E-state index is 6.81. The largest absolute Gasteiger partial charge is 0.455 e. The summed E-state index contributed by atoms with van der Waals surface area (Å²) in [5, 5.41) is 4.55. The van der Waals surface area contributed by atoms with E-state index in [1.165, 1.54) is 16.5 Å². The Bertz CT molecular complexity index is 2840. The fourth-order valence-corrected chi connectivity index (χ4v) is 7.24. The summed E-state index contributed by atoms with van der Waals surface area (Å²) in [5.74, 6) is 1.91. The molecule has 0 aliphatic carbocycles. The molecule has 0 saturated heterocycles. The third-order valence-corrected chi connectivity index (χ3v) is 9.94. The lowest BCUT2D eigenvalue weighted by molar-refractivity contribution is 0.670. The molecule has 10 aromatic rings. The summed E-state index contributed by atoms with van der Waals surface area (Å²) < 4.78 is 6.81. The summed E-state index contributed by atoms with van der Waals surface area (Å²) >= 11 is 0. The van der Waals surface area contributed by atoms with Gasteiger partial charge < -0.3 is 4.42 Å². The third-order valence-electron chi connectivity index (χ3n) is 9.94. The third kappa shape index (κ3) is 5.63. The zero-order chi connectivity index (χ0) is 35.1. The molecule has 0 bridgehead atoms. The molecular formula is C49H31N3O. The first-order chi connectivity index (χ1) is 26.2. The summed E-state index contributed by atoms with van der Waals surface area (Å²) in [4.78, 5) is 14.7. The van der Waals surface area contributed by atoms with Crippen molar-refractivity contribution in [3.63, 3.8) is 0 Å². The van der Waals surface area contributed by atoms with E-state index in [2.05, 4.69) is 121 Å². The van der Waals surface area contributed by atoms with Gasteiger partial charge in [0, 0.05) is 33.0 Å². The highest BCUT2D eigenvalue weighted by atomic mass is 16.3. The number of rotatable bonds is 6. The number of hydrogen-bond donors (Lipinski definition) is 0. The van der Waals surface area contributed by atoms with Crippen molar-refractivity contribution in [1.29, 1.82) is 0 Å². The lowest BCUT2D eigenvalue weighted by atomic mass is 9.93. The Morgan fingerprint density at radius 1 is 0.321 bits per heavy atom. The average Bonchev–Trinajstić information content (AvgIpc) is 3.62. The van der Waals surface area contributed by atoms with Crippen LogP contribution in [0.15, 0.2) is 192 Å². The second-order valence-electron chi connectivity index (χ2n) is 13.2. The second-order valence-corrected chi connectivity index (χ2v) is 13.2. The van der Waals surface area contributed by atoms with Gasteiger partial charge in [-0.05, 0) is 56.8 Å². The standard InChI is InChI=1S/C49H31N3O/c1-4-12-32(13-5-1)33-20-22-34(23-21-33)41-28-29-42(46-45(41)43-30-39-18-10-11-19-40(39)31-44(43)53-46)35-24-26-38(27-25-35)49-51-47(36-14-6-2-7-15-36)50-48(52-49)37-16-8-3-9-17-37/h1-31H. The molecule has 8 aromatic carbocycles. The van der Waals surface area contributed by atoms with Crippen molar-refractivity contribution in [3.05, 3.63) is 188 Å². The minimum atomic E-state index is 0.624. The van der Waals surface area contributed by atoms with Gasteiger partial charge in [-0.3, -0.25) is 0 Å². The van der Waals surface area contributed by atoms with E-state index in [0.717, 1.165) is 66.3 Å². The second kappa shape index (κ2) is 12.9. The summed E-state index contributed by atoms with van der Waals surface area (Å²) in [6, 6.07) is 65.2. The predicted molar refractivity (Wildman–Crippen MR) is 217 cm³/mol. The Kier molecular flexibility index (Phi) is 7.43. The van der Waals surface area contributed by atoms with Crippen LogP contribution in [0.3, 0.4) is 0 Å². The molecule has 4 heteroatoms. The molecule has 4 nitrogen and oxygen atoms in total. The van der Waals surface area contributed by atoms with Crippen LogP contribution in [0.25, 0.3) is 100 Å². The molecule has 0 amide bonds. The van der Waals surface area contributed by atoms with E-state index in [-0.39, 0.29) is 0 Å². The van der Waals surface area contributed by atoms with Crippen molar-refractivity contribution in [2.45, 2.75) is 0 Å². The quantitative estimate of drug-likeness (QED) is 0.176. The van der Waals surface area contributed by atoms with Gasteiger partial charge in [-0.15, -0.1) is 0 Å². The minimum absolute atomic E-state index is 0.624. The van der Waals surface area contributed by atoms with Gasteiger partial charge in [0.15, 0.2) is 17.5 Å². The van der Waals surface area contributed by atoms with Crippen LogP contribution in [0.5, 0.6) is 0 Å². The zero-order valence-electron chi connectivity index (χ0n) is 28.6. The summed E-state index contributed by atoms with van der Waals surface area (Å²) in [6.07, 6.45) is 0. The number of furan rings is 1. The topological polar surface area (TPSA) is 51.8 Å². The molecule has 0 N–H and O–H groups in total. The van der Waals surface area contributed by atoms with E-state index in [1.54, 1.807) is 0 Å². The van der Waals surface area contributed by atoms with Crippen LogP contribution in [0.2, 0.25) is 0 Å². The van der Waals surface area contributed by atoms with Gasteiger partial charge in [-0.25, -0.2) is 15.0 Å². The Balaban J connectivity index is 1.10.